The first-order chi connectivity index (χ1) is 22.2. The summed E-state index contributed by atoms with van der Waals surface area (Å²) in [5, 5.41) is 8.20. The Morgan fingerprint density at radius 3 is 2.16 bits per heavy atom. The van der Waals surface area contributed by atoms with E-state index in [2.05, 4.69) is 120 Å². The molecule has 1 N–H and O–H groups in total. The number of aromatic nitrogens is 1. The molecule has 0 aliphatic carbocycles. The van der Waals surface area contributed by atoms with Crippen LogP contribution in [0.15, 0.2) is 154 Å². The third-order valence-electron chi connectivity index (χ3n) is 8.85. The van der Waals surface area contributed by atoms with Crippen LogP contribution in [0.4, 0.5) is 0 Å². The van der Waals surface area contributed by atoms with Crippen molar-refractivity contribution in [3.63, 3.8) is 0 Å². The largest absolute Gasteiger partial charge is 0.456 e. The highest BCUT2D eigenvalue weighted by Gasteiger charge is 2.24. The second-order valence-corrected chi connectivity index (χ2v) is 11.5. The molecular weight excluding hydrogens is 552 g/mol. The Labute approximate surface area is 259 Å². The molecule has 0 amide bonds. The smallest absolute Gasteiger partial charge is 0.159 e. The Morgan fingerprint density at radius 2 is 1.36 bits per heavy atom. The van der Waals surface area contributed by atoms with E-state index in [1.165, 1.54) is 16.3 Å². The molecule has 8 aromatic rings. The Balaban J connectivity index is 1.26. The number of fused-ring (bicyclic) bond motifs is 6. The van der Waals surface area contributed by atoms with Crippen LogP contribution in [0.5, 0.6) is 0 Å². The lowest BCUT2D eigenvalue weighted by molar-refractivity contribution is 0.668. The van der Waals surface area contributed by atoms with Crippen LogP contribution < -0.4 is 5.32 Å². The molecule has 0 spiro atoms. The van der Waals surface area contributed by atoms with E-state index < -0.39 is 0 Å². The first-order valence-corrected chi connectivity index (χ1v) is 15.2. The molecule has 6 aromatic carbocycles. The molecule has 3 heterocycles. The zero-order valence-electron chi connectivity index (χ0n) is 24.6. The van der Waals surface area contributed by atoms with Gasteiger partial charge in [-0.25, -0.2) is 9.98 Å². The fraction of sp³-hybridized carbons (Fsp3) is 0.0500. The minimum Gasteiger partial charge on any atom is -0.456 e. The van der Waals surface area contributed by atoms with Gasteiger partial charge >= 0.3 is 0 Å². The van der Waals surface area contributed by atoms with Gasteiger partial charge in [0.25, 0.3) is 0 Å². The number of benzene rings is 6. The maximum Gasteiger partial charge on any atom is 0.159 e. The Morgan fingerprint density at radius 1 is 0.644 bits per heavy atom. The zero-order valence-corrected chi connectivity index (χ0v) is 24.6. The summed E-state index contributed by atoms with van der Waals surface area (Å²) in [6.07, 6.45) is -0.258. The topological polar surface area (TPSA) is 54.8 Å². The highest BCUT2D eigenvalue weighted by molar-refractivity contribution is 6.20. The van der Waals surface area contributed by atoms with Crippen LogP contribution >= 0.6 is 0 Å². The summed E-state index contributed by atoms with van der Waals surface area (Å²) < 4.78 is 8.88. The number of aliphatic imine (C=N–C) groups is 2. The standard InChI is InChI=1S/C40H28N4O/c1-25-29(40-42-38(26-13-5-2-6-14-26)41-39(43-40)27-15-7-3-8-16-27)21-22-35-37(25)32-23-34-31(24-36(32)45-35)30-19-11-12-20-33(30)44(34)28-17-9-4-10-18-28/h2-24,38H,1H3,(H,41,42,43). The molecule has 45 heavy (non-hydrogen) atoms. The molecular formula is C40H28N4O. The minimum absolute atomic E-state index is 0.258. The number of hydrogen-bond donors (Lipinski definition) is 1. The van der Waals surface area contributed by atoms with E-state index in [9.17, 15) is 0 Å². The maximum atomic E-state index is 6.54. The first-order valence-electron chi connectivity index (χ1n) is 15.2. The molecule has 0 bridgehead atoms. The lowest BCUT2D eigenvalue weighted by atomic mass is 9.99. The van der Waals surface area contributed by atoms with Gasteiger partial charge in [0.2, 0.25) is 0 Å². The van der Waals surface area contributed by atoms with E-state index in [1.807, 2.05) is 36.4 Å². The number of nitrogens with zero attached hydrogens (tertiary/aromatic N) is 3. The molecule has 2 aromatic heterocycles. The van der Waals surface area contributed by atoms with Gasteiger partial charge in [0.15, 0.2) is 5.84 Å². The van der Waals surface area contributed by atoms with Crippen molar-refractivity contribution in [3.8, 4) is 5.69 Å². The Kier molecular flexibility index (Phi) is 5.72. The van der Waals surface area contributed by atoms with Crippen molar-refractivity contribution < 1.29 is 4.42 Å². The molecule has 5 nitrogen and oxygen atoms in total. The van der Waals surface area contributed by atoms with Crippen LogP contribution in [-0.4, -0.2) is 16.2 Å². The number of rotatable bonds is 4. The summed E-state index contributed by atoms with van der Waals surface area (Å²) in [6.45, 7) is 2.17. The third kappa shape index (κ3) is 4.09. The van der Waals surface area contributed by atoms with E-state index in [4.69, 9.17) is 14.4 Å². The molecule has 0 saturated heterocycles. The quantitative estimate of drug-likeness (QED) is 0.225. The third-order valence-corrected chi connectivity index (χ3v) is 8.85. The summed E-state index contributed by atoms with van der Waals surface area (Å²) in [5.41, 5.74) is 9.41. The highest BCUT2D eigenvalue weighted by Crippen LogP contribution is 2.40. The molecule has 1 aliphatic heterocycles. The summed E-state index contributed by atoms with van der Waals surface area (Å²) in [4.78, 5) is 10.1. The van der Waals surface area contributed by atoms with Crippen LogP contribution in [0.2, 0.25) is 0 Å². The SMILES string of the molecule is Cc1c(C2=NC(c3ccccc3)=NC(c3ccccc3)N2)ccc2oc3cc4c5ccccc5n(-c5ccccc5)c4cc3c12. The van der Waals surface area contributed by atoms with Gasteiger partial charge in [0.05, 0.1) is 11.0 Å². The summed E-state index contributed by atoms with van der Waals surface area (Å²) in [5.74, 6) is 1.51. The van der Waals surface area contributed by atoms with E-state index in [0.717, 1.165) is 61.2 Å². The summed E-state index contributed by atoms with van der Waals surface area (Å²) >= 11 is 0. The van der Waals surface area contributed by atoms with Gasteiger partial charge in [-0.2, -0.15) is 0 Å². The van der Waals surface area contributed by atoms with Crippen LogP contribution in [0.1, 0.15) is 28.4 Å². The number of aryl methyl sites for hydroxylation is 1. The van der Waals surface area contributed by atoms with Crippen molar-refractivity contribution in [2.75, 3.05) is 0 Å². The molecule has 214 valence electrons. The second-order valence-electron chi connectivity index (χ2n) is 11.5. The second kappa shape index (κ2) is 10.1. The number of amidine groups is 2. The van der Waals surface area contributed by atoms with Crippen molar-refractivity contribution in [1.82, 2.24) is 9.88 Å². The molecule has 1 atom stereocenters. The van der Waals surface area contributed by atoms with Crippen LogP contribution in [0, 0.1) is 6.92 Å². The fourth-order valence-electron chi connectivity index (χ4n) is 6.72. The molecule has 0 radical (unpaired) electrons. The summed E-state index contributed by atoms with van der Waals surface area (Å²) in [6, 6.07) is 48.3. The van der Waals surface area contributed by atoms with Gasteiger partial charge in [-0.05, 0) is 60.5 Å². The number of para-hydroxylation sites is 2. The van der Waals surface area contributed by atoms with Gasteiger partial charge in [0, 0.05) is 38.4 Å². The van der Waals surface area contributed by atoms with Gasteiger partial charge in [-0.1, -0.05) is 97.1 Å². The molecule has 1 unspecified atom stereocenters. The average Bonchev–Trinajstić information content (AvgIpc) is 3.63. The van der Waals surface area contributed by atoms with Crippen molar-refractivity contribution in [3.05, 3.63) is 162 Å². The van der Waals surface area contributed by atoms with Crippen molar-refractivity contribution in [1.29, 1.82) is 0 Å². The normalized spacial score (nSPS) is 15.0. The maximum absolute atomic E-state index is 6.54. The monoisotopic (exact) mass is 580 g/mol. The fourth-order valence-corrected chi connectivity index (χ4v) is 6.72. The molecule has 1 aliphatic rings. The Bertz CT molecular complexity index is 2450. The zero-order chi connectivity index (χ0) is 29.9. The van der Waals surface area contributed by atoms with Crippen LogP contribution in [0.25, 0.3) is 49.4 Å². The van der Waals surface area contributed by atoms with Gasteiger partial charge in [-0.3, -0.25) is 0 Å². The Hall–Kier alpha value is -5.94. The lowest BCUT2D eigenvalue weighted by Gasteiger charge is -2.24. The highest BCUT2D eigenvalue weighted by atomic mass is 16.3. The van der Waals surface area contributed by atoms with Crippen LogP contribution in [-0.2, 0) is 0 Å². The summed E-state index contributed by atoms with van der Waals surface area (Å²) in [7, 11) is 0. The van der Waals surface area contributed by atoms with E-state index in [0.29, 0.717) is 5.84 Å². The van der Waals surface area contributed by atoms with Crippen LogP contribution in [0.3, 0.4) is 0 Å². The molecule has 5 heteroatoms. The predicted octanol–water partition coefficient (Wildman–Crippen LogP) is 9.49. The van der Waals surface area contributed by atoms with Gasteiger partial charge < -0.3 is 14.3 Å². The predicted molar refractivity (Wildman–Crippen MR) is 185 cm³/mol. The van der Waals surface area contributed by atoms with E-state index >= 15 is 0 Å². The van der Waals surface area contributed by atoms with Gasteiger partial charge in [0.1, 0.15) is 23.2 Å². The van der Waals surface area contributed by atoms with Crippen molar-refractivity contribution in [2.24, 2.45) is 9.98 Å². The number of furan rings is 1. The van der Waals surface area contributed by atoms with E-state index in [1.54, 1.807) is 0 Å². The molecule has 0 saturated carbocycles. The lowest BCUT2D eigenvalue weighted by Crippen LogP contribution is -2.34. The van der Waals surface area contributed by atoms with E-state index in [-0.39, 0.29) is 6.17 Å². The minimum atomic E-state index is -0.258. The average molecular weight is 581 g/mol. The number of hydrogen-bond acceptors (Lipinski definition) is 4. The molecule has 9 rings (SSSR count). The molecule has 0 fully saturated rings. The van der Waals surface area contributed by atoms with Crippen molar-refractivity contribution in [2.45, 2.75) is 13.1 Å². The van der Waals surface area contributed by atoms with Crippen molar-refractivity contribution >= 4 is 55.4 Å². The number of nitrogens with one attached hydrogen (secondary N) is 1. The first kappa shape index (κ1) is 25.5. The van der Waals surface area contributed by atoms with Gasteiger partial charge in [-0.15, -0.1) is 0 Å².